The minimum atomic E-state index is 0.102. The monoisotopic (exact) mass is 312 g/mol. The first-order chi connectivity index (χ1) is 10.6. The molecule has 0 radical (unpaired) electrons. The lowest BCUT2D eigenvalue weighted by molar-refractivity contribution is 0.390. The highest BCUT2D eigenvalue weighted by atomic mass is 15.0. The molecular formula is C21H32N2. The molecule has 23 heavy (non-hydrogen) atoms. The van der Waals surface area contributed by atoms with Gasteiger partial charge in [-0.3, -0.25) is 0 Å². The van der Waals surface area contributed by atoms with Crippen LogP contribution in [0.15, 0.2) is 48.1 Å². The van der Waals surface area contributed by atoms with E-state index < -0.39 is 0 Å². The molecule has 2 nitrogen and oxygen atoms in total. The van der Waals surface area contributed by atoms with Crippen LogP contribution in [0.5, 0.6) is 0 Å². The summed E-state index contributed by atoms with van der Waals surface area (Å²) in [5.74, 6) is 0. The molecule has 0 heterocycles. The summed E-state index contributed by atoms with van der Waals surface area (Å²) in [4.78, 5) is 0. The predicted molar refractivity (Wildman–Crippen MR) is 102 cm³/mol. The van der Waals surface area contributed by atoms with Crippen molar-refractivity contribution in [1.29, 1.82) is 0 Å². The van der Waals surface area contributed by atoms with Crippen molar-refractivity contribution in [1.82, 2.24) is 5.32 Å². The molecule has 0 bridgehead atoms. The van der Waals surface area contributed by atoms with E-state index in [1.807, 2.05) is 0 Å². The predicted octanol–water partition coefficient (Wildman–Crippen LogP) is 5.08. The highest BCUT2D eigenvalue weighted by molar-refractivity contribution is 5.47. The fourth-order valence-corrected chi connectivity index (χ4v) is 2.83. The van der Waals surface area contributed by atoms with Crippen molar-refractivity contribution in [2.24, 2.45) is 0 Å². The largest absolute Gasteiger partial charge is 0.380 e. The van der Waals surface area contributed by atoms with Gasteiger partial charge in [0.1, 0.15) is 0 Å². The van der Waals surface area contributed by atoms with Crippen LogP contribution in [0.1, 0.15) is 53.5 Å². The van der Waals surface area contributed by atoms with Crippen molar-refractivity contribution >= 4 is 5.69 Å². The first-order valence-corrected chi connectivity index (χ1v) is 8.63. The van der Waals surface area contributed by atoms with Crippen LogP contribution in [0.3, 0.4) is 0 Å². The van der Waals surface area contributed by atoms with Gasteiger partial charge < -0.3 is 10.6 Å². The van der Waals surface area contributed by atoms with Gasteiger partial charge in [0.25, 0.3) is 0 Å². The lowest BCUT2D eigenvalue weighted by Gasteiger charge is -2.27. The molecule has 0 saturated carbocycles. The minimum absolute atomic E-state index is 0.102. The summed E-state index contributed by atoms with van der Waals surface area (Å²) in [5, 5.41) is 7.13. The van der Waals surface area contributed by atoms with Crippen LogP contribution in [0.25, 0.3) is 0 Å². The Hall–Kier alpha value is -1.54. The molecule has 0 aromatic heterocycles. The number of benzene rings is 1. The molecule has 1 aromatic carbocycles. The van der Waals surface area contributed by atoms with E-state index in [0.717, 1.165) is 12.8 Å². The van der Waals surface area contributed by atoms with Gasteiger partial charge >= 0.3 is 0 Å². The minimum Gasteiger partial charge on any atom is -0.380 e. The summed E-state index contributed by atoms with van der Waals surface area (Å²) in [6.45, 7) is 13.2. The molecule has 1 aromatic rings. The maximum absolute atomic E-state index is 3.63. The van der Waals surface area contributed by atoms with Gasteiger partial charge in [0, 0.05) is 22.8 Å². The van der Waals surface area contributed by atoms with Gasteiger partial charge in [0.2, 0.25) is 0 Å². The number of allylic oxidation sites excluding steroid dienone is 2. The molecule has 126 valence electrons. The van der Waals surface area contributed by atoms with Gasteiger partial charge in [-0.1, -0.05) is 30.4 Å². The standard InChI is InChI=1S/C21H32N2/c1-20(2,3)22-18-11-7-16(8-12-18)15-17-9-13-19(14-10-17)23-21(4,5)6/h7-13,19,22-23H,14-15H2,1-6H3. The van der Waals surface area contributed by atoms with Crippen LogP contribution < -0.4 is 10.6 Å². The summed E-state index contributed by atoms with van der Waals surface area (Å²) in [6, 6.07) is 9.26. The summed E-state index contributed by atoms with van der Waals surface area (Å²) >= 11 is 0. The Balaban J connectivity index is 1.90. The summed E-state index contributed by atoms with van der Waals surface area (Å²) in [6.07, 6.45) is 9.02. The number of hydrogen-bond acceptors (Lipinski definition) is 2. The number of nitrogens with one attached hydrogen (secondary N) is 2. The third-order valence-electron chi connectivity index (χ3n) is 3.68. The highest BCUT2D eigenvalue weighted by Crippen LogP contribution is 2.20. The SMILES string of the molecule is CC(C)(C)Nc1ccc(CC2=CCC(NC(C)(C)C)C=C2)cc1. The average Bonchev–Trinajstić information content (AvgIpc) is 2.40. The van der Waals surface area contributed by atoms with Crippen molar-refractivity contribution in [3.63, 3.8) is 0 Å². The molecule has 0 amide bonds. The molecule has 0 saturated heterocycles. The summed E-state index contributed by atoms with van der Waals surface area (Å²) < 4.78 is 0. The van der Waals surface area contributed by atoms with E-state index in [4.69, 9.17) is 0 Å². The van der Waals surface area contributed by atoms with E-state index in [2.05, 4.69) is 94.7 Å². The fraction of sp³-hybridized carbons (Fsp3) is 0.524. The second-order valence-corrected chi connectivity index (χ2v) is 8.62. The highest BCUT2D eigenvalue weighted by Gasteiger charge is 2.16. The molecular weight excluding hydrogens is 280 g/mol. The van der Waals surface area contributed by atoms with E-state index in [1.54, 1.807) is 0 Å². The van der Waals surface area contributed by atoms with E-state index in [1.165, 1.54) is 16.8 Å². The van der Waals surface area contributed by atoms with E-state index in [9.17, 15) is 0 Å². The molecule has 0 spiro atoms. The van der Waals surface area contributed by atoms with Crippen LogP contribution in [0, 0.1) is 0 Å². The van der Waals surface area contributed by atoms with Crippen molar-refractivity contribution in [2.45, 2.75) is 71.5 Å². The second-order valence-electron chi connectivity index (χ2n) is 8.62. The van der Waals surface area contributed by atoms with E-state index in [-0.39, 0.29) is 11.1 Å². The average molecular weight is 313 g/mol. The summed E-state index contributed by atoms with van der Waals surface area (Å²) in [7, 11) is 0. The van der Waals surface area contributed by atoms with E-state index in [0.29, 0.717) is 6.04 Å². The molecule has 1 aliphatic rings. The van der Waals surface area contributed by atoms with Crippen LogP contribution >= 0.6 is 0 Å². The van der Waals surface area contributed by atoms with Gasteiger partial charge in [0.15, 0.2) is 0 Å². The fourth-order valence-electron chi connectivity index (χ4n) is 2.83. The van der Waals surface area contributed by atoms with Crippen molar-refractivity contribution in [2.75, 3.05) is 5.32 Å². The molecule has 1 aliphatic carbocycles. The number of rotatable bonds is 4. The maximum atomic E-state index is 3.63. The van der Waals surface area contributed by atoms with E-state index >= 15 is 0 Å². The Morgan fingerprint density at radius 2 is 1.61 bits per heavy atom. The molecule has 2 N–H and O–H groups in total. The normalized spacial score (nSPS) is 18.7. The Morgan fingerprint density at radius 1 is 0.957 bits per heavy atom. The van der Waals surface area contributed by atoms with Gasteiger partial charge in [-0.05, 0) is 77.7 Å². The Morgan fingerprint density at radius 3 is 2.09 bits per heavy atom. The van der Waals surface area contributed by atoms with Gasteiger partial charge in [0.05, 0.1) is 0 Å². The van der Waals surface area contributed by atoms with Crippen LogP contribution in [0.4, 0.5) is 5.69 Å². The van der Waals surface area contributed by atoms with Crippen molar-refractivity contribution in [3.8, 4) is 0 Å². The topological polar surface area (TPSA) is 24.1 Å². The quantitative estimate of drug-likeness (QED) is 0.810. The van der Waals surface area contributed by atoms with Crippen molar-refractivity contribution in [3.05, 3.63) is 53.6 Å². The number of hydrogen-bond donors (Lipinski definition) is 2. The van der Waals surface area contributed by atoms with Crippen LogP contribution in [-0.4, -0.2) is 17.1 Å². The first-order valence-electron chi connectivity index (χ1n) is 8.63. The zero-order valence-corrected chi connectivity index (χ0v) is 15.5. The number of anilines is 1. The first kappa shape index (κ1) is 17.8. The Labute approximate surface area is 142 Å². The van der Waals surface area contributed by atoms with Crippen LogP contribution in [-0.2, 0) is 6.42 Å². The zero-order chi connectivity index (χ0) is 17.1. The van der Waals surface area contributed by atoms with Crippen LogP contribution in [0.2, 0.25) is 0 Å². The van der Waals surface area contributed by atoms with Gasteiger partial charge in [-0.2, -0.15) is 0 Å². The third-order valence-corrected chi connectivity index (χ3v) is 3.68. The maximum Gasteiger partial charge on any atom is 0.0344 e. The lowest BCUT2D eigenvalue weighted by atomic mass is 9.95. The lowest BCUT2D eigenvalue weighted by Crippen LogP contribution is -2.42. The molecule has 2 heteroatoms. The molecule has 2 rings (SSSR count). The Bertz CT molecular complexity index is 565. The molecule has 1 atom stereocenters. The second kappa shape index (κ2) is 6.92. The molecule has 0 aliphatic heterocycles. The third kappa shape index (κ3) is 6.62. The van der Waals surface area contributed by atoms with Gasteiger partial charge in [-0.25, -0.2) is 0 Å². The molecule has 0 fully saturated rings. The summed E-state index contributed by atoms with van der Waals surface area (Å²) in [5.41, 5.74) is 4.22. The zero-order valence-electron chi connectivity index (χ0n) is 15.5. The van der Waals surface area contributed by atoms with Crippen molar-refractivity contribution < 1.29 is 0 Å². The Kier molecular flexibility index (Phi) is 5.36. The van der Waals surface area contributed by atoms with Gasteiger partial charge in [-0.15, -0.1) is 0 Å². The molecule has 1 unspecified atom stereocenters. The smallest absolute Gasteiger partial charge is 0.0344 e.